The molecule has 0 spiro atoms. The normalized spacial score (nSPS) is 22.4. The molecular weight excluding hydrogens is 953 g/mol. The monoisotopic (exact) mass is 1020 g/mol. The second kappa shape index (κ2) is 29.2. The van der Waals surface area contributed by atoms with Crippen LogP contribution in [0.25, 0.3) is 0 Å². The summed E-state index contributed by atoms with van der Waals surface area (Å²) in [7, 11) is 0. The lowest BCUT2D eigenvalue weighted by molar-refractivity contribution is -0.143. The summed E-state index contributed by atoms with van der Waals surface area (Å²) < 4.78 is 0. The number of hydrogen-bond donors (Lipinski definition) is 13. The lowest BCUT2D eigenvalue weighted by Crippen LogP contribution is -2.61. The highest BCUT2D eigenvalue weighted by Crippen LogP contribution is 2.18. The Morgan fingerprint density at radius 1 is 0.743 bits per heavy atom. The molecule has 0 fully saturated rings. The average molecular weight is 1020 g/mol. The SMILES string of the molecule is CC(C)C[C@@H]1NC(=O)[C@H](Cc2ccc(O)cc2)NC(=O)[C@H](CC(C)C)NC(=O)[C@@H](NC(=O)[C@@H](N)CCC(N)=O)CSCc2cccc(n2)CSC[C@@H](C(=O)N[C@@H](CO)C(=O)O)NC(=O)[C@H](CO)NC1=O. The second-order valence-electron chi connectivity index (χ2n) is 17.5. The molecule has 0 saturated carbocycles. The van der Waals surface area contributed by atoms with Gasteiger partial charge < -0.3 is 69.1 Å². The van der Waals surface area contributed by atoms with Crippen molar-refractivity contribution >= 4 is 76.8 Å². The number of amides is 8. The van der Waals surface area contributed by atoms with Crippen LogP contribution in [-0.2, 0) is 61.1 Å². The summed E-state index contributed by atoms with van der Waals surface area (Å²) in [6, 6.07) is -0.566. The first-order valence-electron chi connectivity index (χ1n) is 22.6. The molecule has 1 aromatic carbocycles. The summed E-state index contributed by atoms with van der Waals surface area (Å²) in [4.78, 5) is 125. The molecule has 15 N–H and O–H groups in total. The van der Waals surface area contributed by atoms with Crippen molar-refractivity contribution in [2.75, 3.05) is 24.7 Å². The molecule has 8 amide bonds. The van der Waals surface area contributed by atoms with Gasteiger partial charge in [-0.15, -0.1) is 0 Å². The Balaban J connectivity index is 2.12. The van der Waals surface area contributed by atoms with Crippen LogP contribution in [0.2, 0.25) is 0 Å². The molecule has 23 nitrogen and oxygen atoms in total. The second-order valence-corrected chi connectivity index (χ2v) is 19.6. The predicted octanol–water partition coefficient (Wildman–Crippen LogP) is -2.34. The third-order valence-electron chi connectivity index (χ3n) is 10.5. The molecule has 0 aliphatic carbocycles. The summed E-state index contributed by atoms with van der Waals surface area (Å²) in [6.45, 7) is 5.17. The van der Waals surface area contributed by atoms with Crippen LogP contribution in [0, 0.1) is 11.8 Å². The van der Waals surface area contributed by atoms with Gasteiger partial charge in [0.15, 0.2) is 0 Å². The van der Waals surface area contributed by atoms with Crippen LogP contribution in [0.4, 0.5) is 0 Å². The average Bonchev–Trinajstić information content (AvgIpc) is 3.29. The van der Waals surface area contributed by atoms with E-state index in [1.807, 2.05) is 0 Å². The van der Waals surface area contributed by atoms with Gasteiger partial charge >= 0.3 is 5.97 Å². The van der Waals surface area contributed by atoms with E-state index in [1.165, 1.54) is 36.0 Å². The Morgan fingerprint density at radius 3 is 1.79 bits per heavy atom. The number of benzene rings is 1. The largest absolute Gasteiger partial charge is 0.508 e. The molecule has 0 saturated heterocycles. The number of pyridine rings is 1. The maximum Gasteiger partial charge on any atom is 0.328 e. The van der Waals surface area contributed by atoms with Gasteiger partial charge in [0.1, 0.15) is 48.0 Å². The molecule has 2 aromatic rings. The van der Waals surface area contributed by atoms with E-state index in [0.29, 0.717) is 17.0 Å². The summed E-state index contributed by atoms with van der Waals surface area (Å²) in [5, 5.41) is 57.1. The van der Waals surface area contributed by atoms with E-state index in [0.717, 1.165) is 11.8 Å². The van der Waals surface area contributed by atoms with E-state index < -0.39 is 115 Å². The molecule has 70 heavy (non-hydrogen) atoms. The third kappa shape index (κ3) is 20.1. The summed E-state index contributed by atoms with van der Waals surface area (Å²) in [5.74, 6) is -8.76. The van der Waals surface area contributed by atoms with E-state index in [2.05, 4.69) is 42.2 Å². The number of primary amides is 1. The van der Waals surface area contributed by atoms with Gasteiger partial charge in [0, 0.05) is 35.9 Å². The van der Waals surface area contributed by atoms with Crippen molar-refractivity contribution in [3.63, 3.8) is 0 Å². The van der Waals surface area contributed by atoms with Gasteiger partial charge in [0.05, 0.1) is 30.6 Å². The smallest absolute Gasteiger partial charge is 0.328 e. The van der Waals surface area contributed by atoms with E-state index in [4.69, 9.17) is 11.5 Å². The van der Waals surface area contributed by atoms with Crippen LogP contribution in [0.15, 0.2) is 42.5 Å². The molecule has 0 radical (unpaired) electrons. The third-order valence-corrected chi connectivity index (χ3v) is 12.7. The number of carboxylic acids is 1. The van der Waals surface area contributed by atoms with Crippen molar-refractivity contribution in [2.45, 2.75) is 120 Å². The quantitative estimate of drug-likeness (QED) is 0.0838. The first-order valence-corrected chi connectivity index (χ1v) is 24.9. The van der Waals surface area contributed by atoms with Crippen molar-refractivity contribution in [2.24, 2.45) is 23.3 Å². The molecule has 3 rings (SSSR count). The fourth-order valence-electron chi connectivity index (χ4n) is 6.82. The number of phenolic OH excluding ortho intramolecular Hbond substituents is 1. The number of aliphatic hydroxyl groups is 2. The van der Waals surface area contributed by atoms with Gasteiger partial charge in [0.2, 0.25) is 47.3 Å². The highest BCUT2D eigenvalue weighted by atomic mass is 32.2. The first kappa shape index (κ1) is 58.3. The lowest BCUT2D eigenvalue weighted by Gasteiger charge is -2.28. The van der Waals surface area contributed by atoms with E-state index in [1.54, 1.807) is 45.9 Å². The molecule has 0 unspecified atom stereocenters. The maximum atomic E-state index is 14.3. The molecule has 8 atom stereocenters. The van der Waals surface area contributed by atoms with Crippen molar-refractivity contribution in [3.8, 4) is 5.75 Å². The van der Waals surface area contributed by atoms with Crippen molar-refractivity contribution in [1.29, 1.82) is 0 Å². The van der Waals surface area contributed by atoms with Crippen LogP contribution in [0.3, 0.4) is 0 Å². The number of carbonyl (C=O) groups is 9. The molecular formula is C45H66N10O13S2. The van der Waals surface area contributed by atoms with Crippen molar-refractivity contribution in [1.82, 2.24) is 42.2 Å². The number of phenols is 1. The Hall–Kier alpha value is -6.02. The number of nitrogens with two attached hydrogens (primary N) is 2. The van der Waals surface area contributed by atoms with Gasteiger partial charge in [-0.2, -0.15) is 23.5 Å². The number of fused-ring (bicyclic) bond motifs is 2. The highest BCUT2D eigenvalue weighted by molar-refractivity contribution is 7.98. The fourth-order valence-corrected chi connectivity index (χ4v) is 8.74. The molecule has 1 aliphatic heterocycles. The molecule has 386 valence electrons. The number of carboxylic acid groups (broad SMARTS) is 1. The van der Waals surface area contributed by atoms with Crippen LogP contribution >= 0.6 is 23.5 Å². The minimum atomic E-state index is -1.73. The molecule has 2 bridgehead atoms. The van der Waals surface area contributed by atoms with Gasteiger partial charge in [0.25, 0.3) is 0 Å². The fraction of sp³-hybridized carbons (Fsp3) is 0.556. The highest BCUT2D eigenvalue weighted by Gasteiger charge is 2.35. The number of aromatic hydroxyl groups is 1. The zero-order valence-corrected chi connectivity index (χ0v) is 41.1. The molecule has 2 heterocycles. The summed E-state index contributed by atoms with van der Waals surface area (Å²) >= 11 is 2.32. The van der Waals surface area contributed by atoms with Crippen LogP contribution in [0.1, 0.15) is 70.3 Å². The van der Waals surface area contributed by atoms with Gasteiger partial charge in [-0.1, -0.05) is 45.9 Å². The molecule has 1 aromatic heterocycles. The topological polar surface area (TPSA) is 384 Å². The lowest BCUT2D eigenvalue weighted by atomic mass is 9.99. The van der Waals surface area contributed by atoms with Crippen molar-refractivity contribution in [3.05, 3.63) is 59.4 Å². The zero-order valence-electron chi connectivity index (χ0n) is 39.5. The number of nitrogens with zero attached hydrogens (tertiary/aromatic N) is 1. The number of aliphatic hydroxyl groups excluding tert-OH is 2. The predicted molar refractivity (Wildman–Crippen MR) is 259 cm³/mol. The van der Waals surface area contributed by atoms with E-state index in [9.17, 15) is 63.6 Å². The minimum Gasteiger partial charge on any atom is -0.508 e. The van der Waals surface area contributed by atoms with Gasteiger partial charge in [-0.25, -0.2) is 4.79 Å². The number of rotatable bonds is 16. The number of nitrogens with one attached hydrogen (secondary N) is 7. The van der Waals surface area contributed by atoms with E-state index in [-0.39, 0.29) is 72.7 Å². The van der Waals surface area contributed by atoms with Crippen molar-refractivity contribution < 1.29 is 63.6 Å². The number of hydrogen-bond acceptors (Lipinski definition) is 16. The van der Waals surface area contributed by atoms with Crippen LogP contribution < -0.4 is 48.7 Å². The number of thioether (sulfide) groups is 2. The number of aliphatic carboxylic acids is 1. The number of carbonyl (C=O) groups excluding carboxylic acids is 8. The van der Waals surface area contributed by atoms with Crippen LogP contribution in [-0.4, -0.2) is 152 Å². The first-order chi connectivity index (χ1) is 33.1. The number of aromatic nitrogens is 1. The zero-order chi connectivity index (χ0) is 52.1. The van der Waals surface area contributed by atoms with Gasteiger partial charge in [-0.05, 0) is 60.9 Å². The summed E-state index contributed by atoms with van der Waals surface area (Å²) in [5.41, 5.74) is 12.9. The Kier molecular flexibility index (Phi) is 24.3. The van der Waals surface area contributed by atoms with E-state index >= 15 is 0 Å². The minimum absolute atomic E-state index is 0.00476. The van der Waals surface area contributed by atoms with Gasteiger partial charge in [-0.3, -0.25) is 43.3 Å². The Morgan fingerprint density at radius 2 is 1.26 bits per heavy atom. The maximum absolute atomic E-state index is 14.3. The Labute approximate surface area is 414 Å². The van der Waals surface area contributed by atoms with Crippen LogP contribution in [0.5, 0.6) is 5.75 Å². The summed E-state index contributed by atoms with van der Waals surface area (Å²) in [6.07, 6.45) is -0.412. The molecule has 1 aliphatic rings. The Bertz CT molecular complexity index is 2130. The molecule has 25 heteroatoms. The standard InChI is InChI=1S/C45H66N10O13S2/c1-23(2)14-30-39(61)51-32(16-25-8-10-28(58)11-9-25)41(63)49-31(15-24(3)4)40(62)52-33(17-56)42(64)55-36(44(66)53-34(18-57)45(67)68)22-70-20-27-7-5-6-26(48-27)19-69-21-35(43(65)50-30)54-38(60)29(46)12-13-37(47)59/h5-11,23-24,29-36,56-58H,12-22,46H2,1-4H3,(H2,47,59)(H,49,63)(H,50,65)(H,51,61)(H,52,62)(H,53,66)(H,54,60)(H,55,64)(H,67,68)/t29-,30-,31-,32-,33-,34-,35-,36-/m0/s1.